The summed E-state index contributed by atoms with van der Waals surface area (Å²) in [5, 5.41) is 11.8. The van der Waals surface area contributed by atoms with Crippen molar-refractivity contribution in [3.63, 3.8) is 0 Å². The first-order valence-electron chi connectivity index (χ1n) is 6.44. The third-order valence-electron chi connectivity index (χ3n) is 4.24. The largest absolute Gasteiger partial charge is 0.409 e. The standard InChI is InChI=1S/C12H24N4O/c1-10-8-16(6-5-15(10)2)9-12(3-4-12)7-11(13)14-17/h10,17H,3-9H2,1-2H3,(H2,13,14). The first-order valence-corrected chi connectivity index (χ1v) is 6.44. The van der Waals surface area contributed by atoms with Crippen LogP contribution in [0.2, 0.25) is 0 Å². The van der Waals surface area contributed by atoms with Crippen molar-refractivity contribution in [1.29, 1.82) is 0 Å². The Kier molecular flexibility index (Phi) is 3.58. The average Bonchev–Trinajstić information content (AvgIpc) is 3.03. The summed E-state index contributed by atoms with van der Waals surface area (Å²) in [6.45, 7) is 6.78. The Hall–Kier alpha value is -0.810. The molecule has 5 heteroatoms. The van der Waals surface area contributed by atoms with Crippen molar-refractivity contribution in [2.75, 3.05) is 33.2 Å². The highest BCUT2D eigenvalue weighted by molar-refractivity contribution is 5.80. The van der Waals surface area contributed by atoms with E-state index in [1.807, 2.05) is 0 Å². The van der Waals surface area contributed by atoms with E-state index < -0.39 is 0 Å². The van der Waals surface area contributed by atoms with Gasteiger partial charge < -0.3 is 15.8 Å². The monoisotopic (exact) mass is 240 g/mol. The van der Waals surface area contributed by atoms with E-state index in [-0.39, 0.29) is 0 Å². The topological polar surface area (TPSA) is 65.1 Å². The Labute approximate surface area is 103 Å². The lowest BCUT2D eigenvalue weighted by Gasteiger charge is -2.39. The molecule has 1 heterocycles. The number of nitrogens with two attached hydrogens (primary N) is 1. The second-order valence-electron chi connectivity index (χ2n) is 5.83. The van der Waals surface area contributed by atoms with Gasteiger partial charge in [0, 0.05) is 38.6 Å². The van der Waals surface area contributed by atoms with Gasteiger partial charge in [-0.2, -0.15) is 0 Å². The average molecular weight is 240 g/mol. The minimum Gasteiger partial charge on any atom is -0.409 e. The van der Waals surface area contributed by atoms with Crippen LogP contribution in [0.5, 0.6) is 0 Å². The van der Waals surface area contributed by atoms with E-state index in [2.05, 4.69) is 28.9 Å². The molecule has 2 aliphatic rings. The van der Waals surface area contributed by atoms with Crippen molar-refractivity contribution in [3.8, 4) is 0 Å². The summed E-state index contributed by atoms with van der Waals surface area (Å²) in [6, 6.07) is 0.628. The number of piperazine rings is 1. The van der Waals surface area contributed by atoms with Crippen molar-refractivity contribution in [2.24, 2.45) is 16.3 Å². The molecule has 1 saturated heterocycles. The van der Waals surface area contributed by atoms with Gasteiger partial charge in [-0.1, -0.05) is 5.16 Å². The SMILES string of the molecule is CC1CN(CC2(CC(N)=NO)CC2)CCN1C. The number of amidine groups is 1. The lowest BCUT2D eigenvalue weighted by molar-refractivity contribution is 0.0891. The molecule has 0 spiro atoms. The van der Waals surface area contributed by atoms with Gasteiger partial charge in [-0.3, -0.25) is 4.90 Å². The molecule has 1 saturated carbocycles. The highest BCUT2D eigenvalue weighted by atomic mass is 16.4. The quantitative estimate of drug-likeness (QED) is 0.326. The number of rotatable bonds is 4. The summed E-state index contributed by atoms with van der Waals surface area (Å²) in [5.74, 6) is 0.379. The molecule has 5 nitrogen and oxygen atoms in total. The summed E-state index contributed by atoms with van der Waals surface area (Å²) >= 11 is 0. The van der Waals surface area contributed by atoms with Gasteiger partial charge in [0.25, 0.3) is 0 Å². The molecule has 2 fully saturated rings. The Bertz CT molecular complexity index is 301. The van der Waals surface area contributed by atoms with Gasteiger partial charge in [-0.15, -0.1) is 0 Å². The van der Waals surface area contributed by atoms with Crippen LogP contribution in [0, 0.1) is 5.41 Å². The zero-order chi connectivity index (χ0) is 12.5. The van der Waals surface area contributed by atoms with Gasteiger partial charge in [0.05, 0.1) is 0 Å². The first kappa shape index (κ1) is 12.6. The Morgan fingerprint density at radius 2 is 2.18 bits per heavy atom. The third-order valence-corrected chi connectivity index (χ3v) is 4.24. The third kappa shape index (κ3) is 3.10. The van der Waals surface area contributed by atoms with Crippen LogP contribution in [0.25, 0.3) is 0 Å². The van der Waals surface area contributed by atoms with E-state index >= 15 is 0 Å². The zero-order valence-corrected chi connectivity index (χ0v) is 10.9. The highest BCUT2D eigenvalue weighted by Crippen LogP contribution is 2.49. The van der Waals surface area contributed by atoms with Crippen molar-refractivity contribution >= 4 is 5.84 Å². The molecule has 17 heavy (non-hydrogen) atoms. The maximum Gasteiger partial charge on any atom is 0.139 e. The molecular weight excluding hydrogens is 216 g/mol. The molecule has 98 valence electrons. The summed E-state index contributed by atoms with van der Waals surface area (Å²) in [4.78, 5) is 4.93. The van der Waals surface area contributed by atoms with Crippen LogP contribution in [-0.4, -0.2) is 60.1 Å². The van der Waals surface area contributed by atoms with Crippen molar-refractivity contribution in [1.82, 2.24) is 9.80 Å². The number of nitrogens with zero attached hydrogens (tertiary/aromatic N) is 3. The summed E-state index contributed by atoms with van der Waals surface area (Å²) in [6.07, 6.45) is 3.16. The second-order valence-corrected chi connectivity index (χ2v) is 5.83. The molecule has 1 aliphatic carbocycles. The molecule has 3 N–H and O–H groups in total. The number of hydrogen-bond donors (Lipinski definition) is 2. The predicted octanol–water partition coefficient (Wildman–Crippen LogP) is 0.539. The number of oxime groups is 1. The summed E-state index contributed by atoms with van der Waals surface area (Å²) in [7, 11) is 2.19. The van der Waals surface area contributed by atoms with Crippen LogP contribution in [-0.2, 0) is 0 Å². The summed E-state index contributed by atoms with van der Waals surface area (Å²) < 4.78 is 0. The Morgan fingerprint density at radius 3 is 2.71 bits per heavy atom. The van der Waals surface area contributed by atoms with Crippen LogP contribution < -0.4 is 5.73 Å². The minimum absolute atomic E-state index is 0.298. The molecule has 1 unspecified atom stereocenters. The van der Waals surface area contributed by atoms with E-state index in [9.17, 15) is 0 Å². The van der Waals surface area contributed by atoms with Crippen LogP contribution >= 0.6 is 0 Å². The van der Waals surface area contributed by atoms with Gasteiger partial charge in [0.2, 0.25) is 0 Å². The molecule has 1 atom stereocenters. The van der Waals surface area contributed by atoms with E-state index in [1.165, 1.54) is 12.8 Å². The van der Waals surface area contributed by atoms with Gasteiger partial charge in [0.1, 0.15) is 5.84 Å². The smallest absolute Gasteiger partial charge is 0.139 e. The molecule has 2 rings (SSSR count). The van der Waals surface area contributed by atoms with Crippen molar-refractivity contribution < 1.29 is 5.21 Å². The molecule has 1 aliphatic heterocycles. The van der Waals surface area contributed by atoms with Gasteiger partial charge in [-0.25, -0.2) is 0 Å². The van der Waals surface area contributed by atoms with Gasteiger partial charge in [0.15, 0.2) is 0 Å². The highest BCUT2D eigenvalue weighted by Gasteiger charge is 2.45. The lowest BCUT2D eigenvalue weighted by Crippen LogP contribution is -2.51. The number of hydrogen-bond acceptors (Lipinski definition) is 4. The molecule has 0 amide bonds. The Balaban J connectivity index is 1.85. The molecular formula is C12H24N4O. The lowest BCUT2D eigenvalue weighted by atomic mass is 10.00. The van der Waals surface area contributed by atoms with Crippen molar-refractivity contribution in [3.05, 3.63) is 0 Å². The Morgan fingerprint density at radius 1 is 1.47 bits per heavy atom. The van der Waals surface area contributed by atoms with Gasteiger partial charge >= 0.3 is 0 Å². The minimum atomic E-state index is 0.298. The molecule has 0 aromatic carbocycles. The van der Waals surface area contributed by atoms with E-state index in [0.29, 0.717) is 17.3 Å². The maximum atomic E-state index is 8.65. The summed E-state index contributed by atoms with van der Waals surface area (Å²) in [5.41, 5.74) is 5.92. The first-order chi connectivity index (χ1) is 8.04. The van der Waals surface area contributed by atoms with Gasteiger partial charge in [-0.05, 0) is 32.2 Å². The molecule has 0 aromatic heterocycles. The van der Waals surface area contributed by atoms with E-state index in [0.717, 1.165) is 32.6 Å². The molecule has 0 radical (unpaired) electrons. The fraction of sp³-hybridized carbons (Fsp3) is 0.917. The van der Waals surface area contributed by atoms with Crippen LogP contribution in [0.15, 0.2) is 5.16 Å². The van der Waals surface area contributed by atoms with Crippen molar-refractivity contribution in [2.45, 2.75) is 32.2 Å². The molecule has 0 aromatic rings. The predicted molar refractivity (Wildman–Crippen MR) is 68.2 cm³/mol. The normalized spacial score (nSPS) is 30.5. The molecule has 0 bridgehead atoms. The van der Waals surface area contributed by atoms with E-state index in [1.54, 1.807) is 0 Å². The zero-order valence-electron chi connectivity index (χ0n) is 10.9. The van der Waals surface area contributed by atoms with E-state index in [4.69, 9.17) is 10.9 Å². The van der Waals surface area contributed by atoms with Crippen LogP contribution in [0.3, 0.4) is 0 Å². The second kappa shape index (κ2) is 4.82. The fourth-order valence-corrected chi connectivity index (χ4v) is 2.73. The fourth-order valence-electron chi connectivity index (χ4n) is 2.73. The van der Waals surface area contributed by atoms with Crippen LogP contribution in [0.1, 0.15) is 26.2 Å². The number of likely N-dealkylation sites (N-methyl/N-ethyl adjacent to an activating group) is 1. The van der Waals surface area contributed by atoms with Crippen LogP contribution in [0.4, 0.5) is 0 Å². The maximum absolute atomic E-state index is 8.65.